The second kappa shape index (κ2) is 7.41. The highest BCUT2D eigenvalue weighted by Gasteiger charge is 2.17. The number of likely N-dealkylation sites (N-methyl/N-ethyl adjacent to an activating group) is 1. The Balaban J connectivity index is 1.81. The molecule has 1 amide bonds. The first kappa shape index (κ1) is 15.0. The standard InChI is InChI=1S/C16H25N3O/c1-17(2)16(20)14-19-10-6-9-18(11-12-19)13-15-7-4-3-5-8-15/h3-5,7-8H,6,9-14H2,1-2H3. The molecular formula is C16H25N3O. The van der Waals surface area contributed by atoms with E-state index in [1.54, 1.807) is 4.90 Å². The number of hydrogen-bond donors (Lipinski definition) is 0. The highest BCUT2D eigenvalue weighted by molar-refractivity contribution is 5.77. The van der Waals surface area contributed by atoms with Gasteiger partial charge < -0.3 is 4.90 Å². The lowest BCUT2D eigenvalue weighted by atomic mass is 10.2. The quantitative estimate of drug-likeness (QED) is 0.828. The van der Waals surface area contributed by atoms with Crippen LogP contribution in [-0.2, 0) is 11.3 Å². The predicted octanol–water partition coefficient (Wildman–Crippen LogP) is 1.28. The van der Waals surface area contributed by atoms with E-state index in [2.05, 4.69) is 40.1 Å². The molecule has 0 unspecified atom stereocenters. The van der Waals surface area contributed by atoms with Gasteiger partial charge in [0.2, 0.25) is 5.91 Å². The summed E-state index contributed by atoms with van der Waals surface area (Å²) in [6.07, 6.45) is 1.13. The van der Waals surface area contributed by atoms with E-state index in [1.165, 1.54) is 5.56 Å². The third-order valence-electron chi connectivity index (χ3n) is 3.79. The monoisotopic (exact) mass is 275 g/mol. The van der Waals surface area contributed by atoms with Crippen LogP contribution in [0.2, 0.25) is 0 Å². The molecule has 0 aliphatic carbocycles. The van der Waals surface area contributed by atoms with Gasteiger partial charge in [0.05, 0.1) is 6.54 Å². The van der Waals surface area contributed by atoms with E-state index in [1.807, 2.05) is 14.1 Å². The number of carbonyl (C=O) groups excluding carboxylic acids is 1. The van der Waals surface area contributed by atoms with Gasteiger partial charge in [-0.1, -0.05) is 30.3 Å². The summed E-state index contributed by atoms with van der Waals surface area (Å²) >= 11 is 0. The first-order chi connectivity index (χ1) is 9.65. The van der Waals surface area contributed by atoms with E-state index in [-0.39, 0.29) is 5.91 Å². The Bertz CT molecular complexity index is 419. The zero-order valence-electron chi connectivity index (χ0n) is 12.6. The maximum atomic E-state index is 11.8. The number of carbonyl (C=O) groups is 1. The minimum absolute atomic E-state index is 0.196. The van der Waals surface area contributed by atoms with Crippen LogP contribution in [0.15, 0.2) is 30.3 Å². The summed E-state index contributed by atoms with van der Waals surface area (Å²) in [5.41, 5.74) is 1.37. The van der Waals surface area contributed by atoms with Crippen molar-refractivity contribution in [3.63, 3.8) is 0 Å². The number of rotatable bonds is 4. The highest BCUT2D eigenvalue weighted by atomic mass is 16.2. The van der Waals surface area contributed by atoms with Crippen LogP contribution in [0.4, 0.5) is 0 Å². The lowest BCUT2D eigenvalue weighted by molar-refractivity contribution is -0.129. The van der Waals surface area contributed by atoms with Crippen LogP contribution in [0, 0.1) is 0 Å². The van der Waals surface area contributed by atoms with E-state index >= 15 is 0 Å². The van der Waals surface area contributed by atoms with Gasteiger partial charge in [0.25, 0.3) is 0 Å². The normalized spacial score (nSPS) is 17.7. The maximum absolute atomic E-state index is 11.8. The zero-order valence-corrected chi connectivity index (χ0v) is 12.6. The molecule has 20 heavy (non-hydrogen) atoms. The van der Waals surface area contributed by atoms with Crippen LogP contribution in [0.5, 0.6) is 0 Å². The molecule has 1 heterocycles. The van der Waals surface area contributed by atoms with Crippen molar-refractivity contribution >= 4 is 5.91 Å². The summed E-state index contributed by atoms with van der Waals surface area (Å²) in [4.78, 5) is 18.2. The number of amides is 1. The SMILES string of the molecule is CN(C)C(=O)CN1CCCN(Cc2ccccc2)CC1. The van der Waals surface area contributed by atoms with Crippen LogP contribution in [0.25, 0.3) is 0 Å². The van der Waals surface area contributed by atoms with Crippen LogP contribution >= 0.6 is 0 Å². The molecule has 4 nitrogen and oxygen atoms in total. The summed E-state index contributed by atoms with van der Waals surface area (Å²) in [5.74, 6) is 0.196. The molecule has 0 saturated carbocycles. The fourth-order valence-electron chi connectivity index (χ4n) is 2.51. The largest absolute Gasteiger partial charge is 0.348 e. The van der Waals surface area contributed by atoms with Crippen molar-refractivity contribution in [2.45, 2.75) is 13.0 Å². The van der Waals surface area contributed by atoms with Gasteiger partial charge in [0.15, 0.2) is 0 Å². The van der Waals surface area contributed by atoms with Crippen LogP contribution in [-0.4, -0.2) is 67.4 Å². The van der Waals surface area contributed by atoms with Gasteiger partial charge in [-0.15, -0.1) is 0 Å². The Kier molecular flexibility index (Phi) is 5.56. The van der Waals surface area contributed by atoms with Crippen LogP contribution < -0.4 is 0 Å². The van der Waals surface area contributed by atoms with Crippen molar-refractivity contribution < 1.29 is 4.79 Å². The second-order valence-corrected chi connectivity index (χ2v) is 5.68. The summed E-state index contributed by atoms with van der Waals surface area (Å²) < 4.78 is 0. The molecule has 1 fully saturated rings. The van der Waals surface area contributed by atoms with Gasteiger partial charge in [-0.2, -0.15) is 0 Å². The lowest BCUT2D eigenvalue weighted by Gasteiger charge is -2.22. The van der Waals surface area contributed by atoms with E-state index in [4.69, 9.17) is 0 Å². The Morgan fingerprint density at radius 2 is 1.70 bits per heavy atom. The molecule has 110 valence electrons. The summed E-state index contributed by atoms with van der Waals surface area (Å²) in [6, 6.07) is 10.6. The summed E-state index contributed by atoms with van der Waals surface area (Å²) in [6.45, 7) is 5.71. The summed E-state index contributed by atoms with van der Waals surface area (Å²) in [7, 11) is 3.64. The average molecular weight is 275 g/mol. The van der Waals surface area contributed by atoms with E-state index < -0.39 is 0 Å². The van der Waals surface area contributed by atoms with Crippen molar-refractivity contribution in [2.24, 2.45) is 0 Å². The first-order valence-corrected chi connectivity index (χ1v) is 7.34. The lowest BCUT2D eigenvalue weighted by Crippen LogP contribution is -2.38. The molecule has 1 aromatic rings. The highest BCUT2D eigenvalue weighted by Crippen LogP contribution is 2.08. The molecule has 1 aliphatic heterocycles. The maximum Gasteiger partial charge on any atom is 0.236 e. The Morgan fingerprint density at radius 1 is 1.05 bits per heavy atom. The Morgan fingerprint density at radius 3 is 2.40 bits per heavy atom. The molecule has 0 spiro atoms. The molecule has 2 rings (SSSR count). The third kappa shape index (κ3) is 4.62. The minimum Gasteiger partial charge on any atom is -0.348 e. The van der Waals surface area contributed by atoms with Crippen molar-refractivity contribution in [1.29, 1.82) is 0 Å². The molecule has 1 aliphatic rings. The van der Waals surface area contributed by atoms with Crippen molar-refractivity contribution in [1.82, 2.24) is 14.7 Å². The Labute approximate surface area is 122 Å². The average Bonchev–Trinajstić information content (AvgIpc) is 2.65. The van der Waals surface area contributed by atoms with Crippen LogP contribution in [0.3, 0.4) is 0 Å². The van der Waals surface area contributed by atoms with E-state index in [9.17, 15) is 4.79 Å². The van der Waals surface area contributed by atoms with Gasteiger partial charge >= 0.3 is 0 Å². The van der Waals surface area contributed by atoms with E-state index in [0.29, 0.717) is 6.54 Å². The Hall–Kier alpha value is -1.39. The molecule has 1 aromatic carbocycles. The topological polar surface area (TPSA) is 26.8 Å². The number of hydrogen-bond acceptors (Lipinski definition) is 3. The van der Waals surface area contributed by atoms with Crippen molar-refractivity contribution in [3.05, 3.63) is 35.9 Å². The fraction of sp³-hybridized carbons (Fsp3) is 0.562. The van der Waals surface area contributed by atoms with Crippen molar-refractivity contribution in [2.75, 3.05) is 46.8 Å². The minimum atomic E-state index is 0.196. The van der Waals surface area contributed by atoms with Gasteiger partial charge in [-0.25, -0.2) is 0 Å². The molecule has 0 aromatic heterocycles. The van der Waals surface area contributed by atoms with Crippen molar-refractivity contribution in [3.8, 4) is 0 Å². The van der Waals surface area contributed by atoms with E-state index in [0.717, 1.165) is 39.1 Å². The number of nitrogens with zero attached hydrogens (tertiary/aromatic N) is 3. The predicted molar refractivity (Wildman–Crippen MR) is 81.5 cm³/mol. The smallest absolute Gasteiger partial charge is 0.236 e. The molecule has 0 radical (unpaired) electrons. The van der Waals surface area contributed by atoms with Gasteiger partial charge in [-0.3, -0.25) is 14.6 Å². The first-order valence-electron chi connectivity index (χ1n) is 7.34. The summed E-state index contributed by atoms with van der Waals surface area (Å²) in [5, 5.41) is 0. The molecule has 0 N–H and O–H groups in total. The fourth-order valence-corrected chi connectivity index (χ4v) is 2.51. The second-order valence-electron chi connectivity index (χ2n) is 5.68. The van der Waals surface area contributed by atoms with Gasteiger partial charge in [0, 0.05) is 33.7 Å². The number of benzene rings is 1. The van der Waals surface area contributed by atoms with Gasteiger partial charge in [0.1, 0.15) is 0 Å². The molecule has 0 bridgehead atoms. The molecule has 4 heteroatoms. The molecule has 0 atom stereocenters. The molecular weight excluding hydrogens is 250 g/mol. The van der Waals surface area contributed by atoms with Gasteiger partial charge in [-0.05, 0) is 25.1 Å². The van der Waals surface area contributed by atoms with Crippen LogP contribution in [0.1, 0.15) is 12.0 Å². The zero-order chi connectivity index (χ0) is 14.4. The molecule has 1 saturated heterocycles. The third-order valence-corrected chi connectivity index (χ3v) is 3.79.